The number of aromatic nitrogens is 3. The van der Waals surface area contributed by atoms with Crippen molar-refractivity contribution in [2.45, 2.75) is 6.54 Å². The van der Waals surface area contributed by atoms with E-state index in [9.17, 15) is 4.79 Å². The predicted octanol–water partition coefficient (Wildman–Crippen LogP) is -0.216. The Hall–Kier alpha value is -1.75. The van der Waals surface area contributed by atoms with Crippen LogP contribution >= 0.6 is 0 Å². The maximum absolute atomic E-state index is 11.7. The van der Waals surface area contributed by atoms with Crippen molar-refractivity contribution in [1.29, 1.82) is 0 Å². The molecule has 72 valence electrons. The molecule has 0 atom stereocenters. The van der Waals surface area contributed by atoms with Gasteiger partial charge in [-0.25, -0.2) is 9.97 Å². The average molecular weight is 191 g/mol. The van der Waals surface area contributed by atoms with Crippen LogP contribution in [0.2, 0.25) is 0 Å². The van der Waals surface area contributed by atoms with Gasteiger partial charge >= 0.3 is 0 Å². The van der Waals surface area contributed by atoms with Gasteiger partial charge in [0.05, 0.1) is 18.5 Å². The first-order valence-electron chi connectivity index (χ1n) is 4.24. The van der Waals surface area contributed by atoms with Crippen LogP contribution in [0.3, 0.4) is 0 Å². The maximum atomic E-state index is 11.7. The first-order valence-corrected chi connectivity index (χ1v) is 4.24. The van der Waals surface area contributed by atoms with Gasteiger partial charge in [0.2, 0.25) is 0 Å². The molecule has 0 bridgehead atoms. The van der Waals surface area contributed by atoms with Crippen LogP contribution in [-0.4, -0.2) is 26.2 Å². The SMILES string of the molecule is O=c1c2cccnc2ncn1CCO. The van der Waals surface area contributed by atoms with Crippen LogP contribution < -0.4 is 5.56 Å². The van der Waals surface area contributed by atoms with E-state index in [1.165, 1.54) is 10.9 Å². The second kappa shape index (κ2) is 3.55. The van der Waals surface area contributed by atoms with Gasteiger partial charge in [0.25, 0.3) is 5.56 Å². The molecular formula is C9H9N3O2. The van der Waals surface area contributed by atoms with E-state index in [2.05, 4.69) is 9.97 Å². The molecule has 14 heavy (non-hydrogen) atoms. The number of fused-ring (bicyclic) bond motifs is 1. The molecule has 0 aliphatic rings. The molecular weight excluding hydrogens is 182 g/mol. The van der Waals surface area contributed by atoms with Crippen molar-refractivity contribution >= 4 is 11.0 Å². The van der Waals surface area contributed by atoms with E-state index in [0.717, 1.165) is 0 Å². The first-order chi connectivity index (χ1) is 6.83. The summed E-state index contributed by atoms with van der Waals surface area (Å²) in [6, 6.07) is 3.36. The molecule has 5 nitrogen and oxygen atoms in total. The van der Waals surface area contributed by atoms with Crippen molar-refractivity contribution in [2.75, 3.05) is 6.61 Å². The van der Waals surface area contributed by atoms with Crippen LogP contribution in [-0.2, 0) is 6.54 Å². The molecule has 2 rings (SSSR count). The van der Waals surface area contributed by atoms with Crippen LogP contribution in [0.1, 0.15) is 0 Å². The quantitative estimate of drug-likeness (QED) is 0.712. The van der Waals surface area contributed by atoms with E-state index < -0.39 is 0 Å². The topological polar surface area (TPSA) is 68.0 Å². The van der Waals surface area contributed by atoms with Crippen LogP contribution in [0, 0.1) is 0 Å². The minimum atomic E-state index is -0.169. The molecule has 0 saturated heterocycles. The highest BCUT2D eigenvalue weighted by Gasteiger charge is 2.02. The minimum absolute atomic E-state index is 0.0760. The summed E-state index contributed by atoms with van der Waals surface area (Å²) in [7, 11) is 0. The first kappa shape index (κ1) is 8.83. The Bertz CT molecular complexity index is 507. The molecule has 0 radical (unpaired) electrons. The summed E-state index contributed by atoms with van der Waals surface area (Å²) in [5.74, 6) is 0. The van der Waals surface area contributed by atoms with E-state index in [1.807, 2.05) is 0 Å². The van der Waals surface area contributed by atoms with Gasteiger partial charge in [-0.3, -0.25) is 9.36 Å². The highest BCUT2D eigenvalue weighted by Crippen LogP contribution is 2.00. The van der Waals surface area contributed by atoms with Gasteiger partial charge in [-0.15, -0.1) is 0 Å². The van der Waals surface area contributed by atoms with Gasteiger partial charge in [-0.1, -0.05) is 0 Å². The Balaban J connectivity index is 2.69. The van der Waals surface area contributed by atoms with Crippen molar-refractivity contribution in [1.82, 2.24) is 14.5 Å². The van der Waals surface area contributed by atoms with Crippen LogP contribution in [0.5, 0.6) is 0 Å². The highest BCUT2D eigenvalue weighted by atomic mass is 16.3. The predicted molar refractivity (Wildman–Crippen MR) is 50.9 cm³/mol. The molecule has 0 aliphatic heterocycles. The average Bonchev–Trinajstić information content (AvgIpc) is 2.23. The molecule has 0 aromatic carbocycles. The highest BCUT2D eigenvalue weighted by molar-refractivity contribution is 5.72. The molecule has 0 unspecified atom stereocenters. The molecule has 0 saturated carbocycles. The Morgan fingerprint density at radius 3 is 3.07 bits per heavy atom. The van der Waals surface area contributed by atoms with Crippen molar-refractivity contribution in [3.63, 3.8) is 0 Å². The number of aliphatic hydroxyl groups is 1. The number of pyridine rings is 1. The van der Waals surface area contributed by atoms with E-state index >= 15 is 0 Å². The Morgan fingerprint density at radius 1 is 1.43 bits per heavy atom. The van der Waals surface area contributed by atoms with Crippen LogP contribution in [0.15, 0.2) is 29.5 Å². The summed E-state index contributed by atoms with van der Waals surface area (Å²) in [6.07, 6.45) is 2.99. The Kier molecular flexibility index (Phi) is 2.24. The van der Waals surface area contributed by atoms with Crippen molar-refractivity contribution in [3.05, 3.63) is 35.0 Å². The number of hydrogen-bond acceptors (Lipinski definition) is 4. The molecule has 2 heterocycles. The number of hydrogen-bond donors (Lipinski definition) is 1. The second-order valence-electron chi connectivity index (χ2n) is 2.84. The molecule has 5 heteroatoms. The van der Waals surface area contributed by atoms with Gasteiger partial charge in [0, 0.05) is 6.20 Å². The number of nitrogens with zero attached hydrogens (tertiary/aromatic N) is 3. The Morgan fingerprint density at radius 2 is 2.29 bits per heavy atom. The fourth-order valence-corrected chi connectivity index (χ4v) is 1.27. The normalized spacial score (nSPS) is 10.6. The lowest BCUT2D eigenvalue weighted by molar-refractivity contribution is 0.274. The number of rotatable bonds is 2. The van der Waals surface area contributed by atoms with Crippen LogP contribution in [0.25, 0.3) is 11.0 Å². The molecule has 2 aromatic heterocycles. The molecule has 0 amide bonds. The van der Waals surface area contributed by atoms with Crippen molar-refractivity contribution in [2.24, 2.45) is 0 Å². The largest absolute Gasteiger partial charge is 0.395 e. The van der Waals surface area contributed by atoms with Gasteiger partial charge < -0.3 is 5.11 Å². The zero-order valence-electron chi connectivity index (χ0n) is 7.42. The lowest BCUT2D eigenvalue weighted by Gasteiger charge is -2.02. The Labute approximate surface area is 79.7 Å². The smallest absolute Gasteiger partial charge is 0.262 e. The lowest BCUT2D eigenvalue weighted by atomic mass is 10.3. The molecule has 0 fully saturated rings. The van der Waals surface area contributed by atoms with Gasteiger partial charge in [-0.05, 0) is 12.1 Å². The summed E-state index contributed by atoms with van der Waals surface area (Å²) in [4.78, 5) is 19.6. The van der Waals surface area contributed by atoms with Gasteiger partial charge in [0.1, 0.15) is 6.33 Å². The second-order valence-corrected chi connectivity index (χ2v) is 2.84. The third-order valence-electron chi connectivity index (χ3n) is 1.94. The zero-order valence-corrected chi connectivity index (χ0v) is 7.42. The standard InChI is InChI=1S/C9H9N3O2/c13-5-4-12-6-11-8-7(9(12)14)2-1-3-10-8/h1-3,6,13H,4-5H2. The summed E-state index contributed by atoms with van der Waals surface area (Å²) < 4.78 is 1.37. The van der Waals surface area contributed by atoms with Crippen LogP contribution in [0.4, 0.5) is 0 Å². The van der Waals surface area contributed by atoms with Gasteiger partial charge in [-0.2, -0.15) is 0 Å². The summed E-state index contributed by atoms with van der Waals surface area (Å²) in [5, 5.41) is 9.19. The third-order valence-corrected chi connectivity index (χ3v) is 1.94. The van der Waals surface area contributed by atoms with E-state index in [0.29, 0.717) is 11.0 Å². The molecule has 1 N–H and O–H groups in total. The molecule has 2 aromatic rings. The molecule has 0 aliphatic carbocycles. The monoisotopic (exact) mass is 191 g/mol. The van der Waals surface area contributed by atoms with Crippen molar-refractivity contribution < 1.29 is 5.11 Å². The lowest BCUT2D eigenvalue weighted by Crippen LogP contribution is -2.22. The van der Waals surface area contributed by atoms with Gasteiger partial charge in [0.15, 0.2) is 5.65 Å². The maximum Gasteiger partial charge on any atom is 0.262 e. The fraction of sp³-hybridized carbons (Fsp3) is 0.222. The molecule has 0 spiro atoms. The van der Waals surface area contributed by atoms with E-state index in [1.54, 1.807) is 18.3 Å². The summed E-state index contributed by atoms with van der Waals surface area (Å²) >= 11 is 0. The zero-order chi connectivity index (χ0) is 9.97. The fourth-order valence-electron chi connectivity index (χ4n) is 1.27. The summed E-state index contributed by atoms with van der Waals surface area (Å²) in [6.45, 7) is 0.185. The van der Waals surface area contributed by atoms with Crippen molar-refractivity contribution in [3.8, 4) is 0 Å². The third kappa shape index (κ3) is 1.38. The minimum Gasteiger partial charge on any atom is -0.395 e. The number of aliphatic hydroxyl groups excluding tert-OH is 1. The van der Waals surface area contributed by atoms with E-state index in [4.69, 9.17) is 5.11 Å². The summed E-state index contributed by atoms with van der Waals surface area (Å²) in [5.41, 5.74) is 0.267. The van der Waals surface area contributed by atoms with E-state index in [-0.39, 0.29) is 18.7 Å².